The van der Waals surface area contributed by atoms with Crippen molar-refractivity contribution < 1.29 is 14.6 Å². The molecule has 3 rings (SSSR count). The molecule has 2 aromatic rings. The standard InChI is InChI=1S/C21H27NO3/c23-19-6-4-18(5-7-19)12-16-24-20-8-10-21(11-9-20)25-17-15-22-13-2-1-3-14-22/h4-11,23H,1-3,12-17H2. The number of hydrogen-bond donors (Lipinski definition) is 1. The lowest BCUT2D eigenvalue weighted by atomic mass is 10.1. The van der Waals surface area contributed by atoms with Crippen LogP contribution in [0.5, 0.6) is 17.2 Å². The SMILES string of the molecule is Oc1ccc(CCOc2ccc(OCCN3CCCCC3)cc2)cc1. The minimum atomic E-state index is 0.292. The quantitative estimate of drug-likeness (QED) is 0.791. The highest BCUT2D eigenvalue weighted by molar-refractivity contribution is 5.31. The van der Waals surface area contributed by atoms with Gasteiger partial charge in [0.25, 0.3) is 0 Å². The molecule has 0 unspecified atom stereocenters. The average Bonchev–Trinajstić information content (AvgIpc) is 2.66. The maximum Gasteiger partial charge on any atom is 0.119 e. The molecule has 1 aliphatic rings. The van der Waals surface area contributed by atoms with Crippen molar-refractivity contribution >= 4 is 0 Å². The Morgan fingerprint density at radius 3 is 2.00 bits per heavy atom. The molecular formula is C21H27NO3. The van der Waals surface area contributed by atoms with E-state index in [1.54, 1.807) is 12.1 Å². The summed E-state index contributed by atoms with van der Waals surface area (Å²) >= 11 is 0. The van der Waals surface area contributed by atoms with Gasteiger partial charge in [0.1, 0.15) is 23.9 Å². The van der Waals surface area contributed by atoms with Crippen LogP contribution in [0.3, 0.4) is 0 Å². The number of likely N-dealkylation sites (tertiary alicyclic amines) is 1. The second kappa shape index (κ2) is 9.33. The Bertz CT molecular complexity index is 619. The minimum Gasteiger partial charge on any atom is -0.508 e. The molecule has 0 amide bonds. The Morgan fingerprint density at radius 1 is 0.760 bits per heavy atom. The van der Waals surface area contributed by atoms with Crippen LogP contribution in [-0.4, -0.2) is 42.9 Å². The van der Waals surface area contributed by atoms with Gasteiger partial charge in [-0.2, -0.15) is 0 Å². The largest absolute Gasteiger partial charge is 0.508 e. The molecular weight excluding hydrogens is 314 g/mol. The van der Waals surface area contributed by atoms with E-state index in [4.69, 9.17) is 9.47 Å². The number of ether oxygens (including phenoxy) is 2. The van der Waals surface area contributed by atoms with Crippen LogP contribution < -0.4 is 9.47 Å². The fourth-order valence-corrected chi connectivity index (χ4v) is 3.06. The number of rotatable bonds is 8. The number of phenols is 1. The van der Waals surface area contributed by atoms with Crippen molar-refractivity contribution in [2.75, 3.05) is 32.8 Å². The van der Waals surface area contributed by atoms with Crippen molar-refractivity contribution in [2.24, 2.45) is 0 Å². The Hall–Kier alpha value is -2.20. The smallest absolute Gasteiger partial charge is 0.119 e. The molecule has 0 radical (unpaired) electrons. The number of aromatic hydroxyl groups is 1. The summed E-state index contributed by atoms with van der Waals surface area (Å²) in [5, 5.41) is 9.28. The summed E-state index contributed by atoms with van der Waals surface area (Å²) in [5.41, 5.74) is 1.15. The maximum atomic E-state index is 9.28. The Morgan fingerprint density at radius 2 is 1.36 bits per heavy atom. The maximum absolute atomic E-state index is 9.28. The molecule has 1 fully saturated rings. The molecule has 0 bridgehead atoms. The van der Waals surface area contributed by atoms with Gasteiger partial charge in [-0.05, 0) is 67.9 Å². The predicted octanol–water partition coefficient (Wildman–Crippen LogP) is 3.88. The van der Waals surface area contributed by atoms with Crippen LogP contribution in [0.1, 0.15) is 24.8 Å². The lowest BCUT2D eigenvalue weighted by Crippen LogP contribution is -2.33. The molecule has 25 heavy (non-hydrogen) atoms. The van der Waals surface area contributed by atoms with Crippen molar-refractivity contribution in [3.05, 3.63) is 54.1 Å². The summed E-state index contributed by atoms with van der Waals surface area (Å²) in [4.78, 5) is 2.48. The highest BCUT2D eigenvalue weighted by Crippen LogP contribution is 2.18. The fraction of sp³-hybridized carbons (Fsp3) is 0.429. The van der Waals surface area contributed by atoms with Gasteiger partial charge in [-0.25, -0.2) is 0 Å². The molecule has 0 spiro atoms. The first kappa shape index (κ1) is 17.6. The second-order valence-corrected chi connectivity index (χ2v) is 6.49. The zero-order valence-electron chi connectivity index (χ0n) is 14.7. The van der Waals surface area contributed by atoms with E-state index in [9.17, 15) is 5.11 Å². The van der Waals surface area contributed by atoms with E-state index < -0.39 is 0 Å². The van der Waals surface area contributed by atoms with Crippen LogP contribution in [0, 0.1) is 0 Å². The molecule has 0 aliphatic carbocycles. The van der Waals surface area contributed by atoms with Crippen LogP contribution in [0.15, 0.2) is 48.5 Å². The van der Waals surface area contributed by atoms with Gasteiger partial charge in [0, 0.05) is 13.0 Å². The average molecular weight is 341 g/mol. The van der Waals surface area contributed by atoms with Crippen LogP contribution in [-0.2, 0) is 6.42 Å². The van der Waals surface area contributed by atoms with Crippen molar-refractivity contribution in [3.63, 3.8) is 0 Å². The fourth-order valence-electron chi connectivity index (χ4n) is 3.06. The lowest BCUT2D eigenvalue weighted by Gasteiger charge is -2.26. The third-order valence-corrected chi connectivity index (χ3v) is 4.54. The number of piperidine rings is 1. The van der Waals surface area contributed by atoms with Gasteiger partial charge >= 0.3 is 0 Å². The van der Waals surface area contributed by atoms with E-state index in [1.807, 2.05) is 36.4 Å². The Labute approximate surface area is 150 Å². The van der Waals surface area contributed by atoms with Crippen molar-refractivity contribution in [3.8, 4) is 17.2 Å². The van der Waals surface area contributed by atoms with Gasteiger partial charge < -0.3 is 14.6 Å². The van der Waals surface area contributed by atoms with Gasteiger partial charge in [0.05, 0.1) is 6.61 Å². The van der Waals surface area contributed by atoms with Crippen LogP contribution in [0.25, 0.3) is 0 Å². The van der Waals surface area contributed by atoms with E-state index >= 15 is 0 Å². The minimum absolute atomic E-state index is 0.292. The summed E-state index contributed by atoms with van der Waals surface area (Å²) in [6.07, 6.45) is 4.81. The monoisotopic (exact) mass is 341 g/mol. The first-order valence-electron chi connectivity index (χ1n) is 9.15. The summed E-state index contributed by atoms with van der Waals surface area (Å²) in [6, 6.07) is 15.1. The molecule has 4 nitrogen and oxygen atoms in total. The van der Waals surface area contributed by atoms with Crippen molar-refractivity contribution in [2.45, 2.75) is 25.7 Å². The highest BCUT2D eigenvalue weighted by Gasteiger charge is 2.09. The highest BCUT2D eigenvalue weighted by atomic mass is 16.5. The van der Waals surface area contributed by atoms with Gasteiger partial charge in [-0.15, -0.1) is 0 Å². The van der Waals surface area contributed by atoms with Gasteiger partial charge in [-0.3, -0.25) is 4.90 Å². The van der Waals surface area contributed by atoms with Gasteiger partial charge in [0.15, 0.2) is 0 Å². The topological polar surface area (TPSA) is 41.9 Å². The van der Waals surface area contributed by atoms with Crippen molar-refractivity contribution in [1.82, 2.24) is 4.90 Å². The number of benzene rings is 2. The molecule has 134 valence electrons. The van der Waals surface area contributed by atoms with E-state index in [1.165, 1.54) is 32.4 Å². The Balaban J connectivity index is 1.35. The molecule has 1 saturated heterocycles. The normalized spacial score (nSPS) is 15.0. The summed E-state index contributed by atoms with van der Waals surface area (Å²) < 4.78 is 11.6. The molecule has 0 atom stereocenters. The predicted molar refractivity (Wildman–Crippen MR) is 99.5 cm³/mol. The van der Waals surface area contributed by atoms with E-state index in [-0.39, 0.29) is 0 Å². The summed E-state index contributed by atoms with van der Waals surface area (Å²) in [7, 11) is 0. The van der Waals surface area contributed by atoms with Crippen LogP contribution >= 0.6 is 0 Å². The van der Waals surface area contributed by atoms with Crippen molar-refractivity contribution in [1.29, 1.82) is 0 Å². The first-order chi connectivity index (χ1) is 12.3. The second-order valence-electron chi connectivity index (χ2n) is 6.49. The number of phenolic OH excluding ortho intramolecular Hbond substituents is 1. The summed E-state index contributed by atoms with van der Waals surface area (Å²) in [5.74, 6) is 2.03. The lowest BCUT2D eigenvalue weighted by molar-refractivity contribution is 0.183. The Kier molecular flexibility index (Phi) is 6.57. The van der Waals surface area contributed by atoms with E-state index in [2.05, 4.69) is 4.90 Å². The molecule has 0 aromatic heterocycles. The first-order valence-corrected chi connectivity index (χ1v) is 9.15. The van der Waals surface area contributed by atoms with E-state index in [0.29, 0.717) is 12.4 Å². The number of hydrogen-bond acceptors (Lipinski definition) is 4. The summed E-state index contributed by atoms with van der Waals surface area (Å²) in [6.45, 7) is 4.76. The van der Waals surface area contributed by atoms with E-state index in [0.717, 1.165) is 36.6 Å². The van der Waals surface area contributed by atoms with Crippen LogP contribution in [0.4, 0.5) is 0 Å². The zero-order valence-corrected chi connectivity index (χ0v) is 14.7. The van der Waals surface area contributed by atoms with Crippen LogP contribution in [0.2, 0.25) is 0 Å². The molecule has 1 aliphatic heterocycles. The molecule has 4 heteroatoms. The number of nitrogens with zero attached hydrogens (tertiary/aromatic N) is 1. The van der Waals surface area contributed by atoms with Gasteiger partial charge in [-0.1, -0.05) is 18.6 Å². The third kappa shape index (κ3) is 5.98. The van der Waals surface area contributed by atoms with Gasteiger partial charge in [0.2, 0.25) is 0 Å². The molecule has 0 saturated carbocycles. The third-order valence-electron chi connectivity index (χ3n) is 4.54. The molecule has 2 aromatic carbocycles. The zero-order chi connectivity index (χ0) is 17.3. The molecule has 1 heterocycles. The molecule has 1 N–H and O–H groups in total.